The monoisotopic (exact) mass is 204 g/mol. The minimum Gasteiger partial charge on any atom is -0.298 e. The first-order valence-corrected chi connectivity index (χ1v) is 4.85. The van der Waals surface area contributed by atoms with Crippen LogP contribution in [0.15, 0.2) is 35.6 Å². The molecule has 1 atom stereocenters. The lowest BCUT2D eigenvalue weighted by atomic mass is 10.1. The van der Waals surface area contributed by atoms with Gasteiger partial charge in [-0.2, -0.15) is 0 Å². The Morgan fingerprint density at radius 3 is 2.87 bits per heavy atom. The summed E-state index contributed by atoms with van der Waals surface area (Å²) in [6.07, 6.45) is 0.942. The van der Waals surface area contributed by atoms with Crippen LogP contribution in [0.4, 0.5) is 0 Å². The van der Waals surface area contributed by atoms with E-state index in [0.29, 0.717) is 12.6 Å². The second-order valence-electron chi connectivity index (χ2n) is 3.31. The molecule has 0 radical (unpaired) electrons. The van der Waals surface area contributed by atoms with Crippen LogP contribution in [0.1, 0.15) is 12.5 Å². The maximum Gasteiger partial charge on any atom is 0.380 e. The summed E-state index contributed by atoms with van der Waals surface area (Å²) in [5.41, 5.74) is 1.28. The molecule has 1 N–H and O–H groups in total. The summed E-state index contributed by atoms with van der Waals surface area (Å²) in [5.74, 6) is 0. The van der Waals surface area contributed by atoms with E-state index < -0.39 is 0 Å². The zero-order valence-corrected chi connectivity index (χ0v) is 8.68. The Labute approximate surface area is 89.1 Å². The van der Waals surface area contributed by atoms with Gasteiger partial charge in [0.15, 0.2) is 4.95 Å². The van der Waals surface area contributed by atoms with E-state index in [1.165, 1.54) is 5.56 Å². The minimum atomic E-state index is 0.321. The molecule has 0 heterocycles. The van der Waals surface area contributed by atoms with Crippen LogP contribution >= 0.6 is 0 Å². The standard InChI is InChI=1S/C11H14N3O/c1-10(12-7-8-13-14-15)9-11-5-3-2-4-6-11/h2-6,10,12H,7,9H2,1H3/q+1. The Balaban J connectivity index is 2.30. The lowest BCUT2D eigenvalue weighted by Crippen LogP contribution is -2.28. The lowest BCUT2D eigenvalue weighted by Gasteiger charge is -2.09. The van der Waals surface area contributed by atoms with Crippen molar-refractivity contribution < 1.29 is 0 Å². The molecule has 1 unspecified atom stereocenters. The summed E-state index contributed by atoms with van der Waals surface area (Å²) in [7, 11) is 0. The van der Waals surface area contributed by atoms with Crippen molar-refractivity contribution in [2.45, 2.75) is 19.4 Å². The largest absolute Gasteiger partial charge is 0.380 e. The third kappa shape index (κ3) is 4.89. The molecule has 0 amide bonds. The van der Waals surface area contributed by atoms with E-state index in [1.807, 2.05) is 18.2 Å². The van der Waals surface area contributed by atoms with Gasteiger partial charge in [-0.3, -0.25) is 5.32 Å². The molecule has 0 aliphatic carbocycles. The fraction of sp³-hybridized carbons (Fsp3) is 0.364. The van der Waals surface area contributed by atoms with Crippen LogP contribution < -0.4 is 5.32 Å². The number of nitrogens with one attached hydrogen (secondary N) is 1. The van der Waals surface area contributed by atoms with E-state index in [2.05, 4.69) is 40.7 Å². The van der Waals surface area contributed by atoms with Crippen LogP contribution in [-0.2, 0) is 6.42 Å². The first-order valence-electron chi connectivity index (χ1n) is 4.85. The number of benzene rings is 1. The van der Waals surface area contributed by atoms with Crippen LogP contribution in [0.25, 0.3) is 4.95 Å². The first-order chi connectivity index (χ1) is 7.33. The van der Waals surface area contributed by atoms with E-state index in [9.17, 15) is 4.91 Å². The highest BCUT2D eigenvalue weighted by Crippen LogP contribution is 2.02. The maximum atomic E-state index is 9.63. The third-order valence-electron chi connectivity index (χ3n) is 2.03. The van der Waals surface area contributed by atoms with Crippen LogP contribution in [0.2, 0.25) is 0 Å². The quantitative estimate of drug-likeness (QED) is 0.464. The highest BCUT2D eigenvalue weighted by atomic mass is 16.3. The van der Waals surface area contributed by atoms with Crippen molar-refractivity contribution in [2.24, 2.45) is 5.29 Å². The molecule has 0 aliphatic heterocycles. The molecule has 0 fully saturated rings. The SMILES string of the molecule is CC(Cc1ccccc1)NCC#[N+]N=O. The molecule has 1 rings (SSSR count). The summed E-state index contributed by atoms with van der Waals surface area (Å²) < 4.78 is 0. The van der Waals surface area contributed by atoms with Crippen LogP contribution in [0, 0.1) is 11.0 Å². The van der Waals surface area contributed by atoms with Crippen molar-refractivity contribution in [3.63, 3.8) is 0 Å². The van der Waals surface area contributed by atoms with Gasteiger partial charge in [-0.15, -0.1) is 0 Å². The van der Waals surface area contributed by atoms with Crippen molar-refractivity contribution in [3.05, 3.63) is 45.8 Å². The van der Waals surface area contributed by atoms with Gasteiger partial charge >= 0.3 is 11.4 Å². The Bertz CT molecular complexity index is 353. The zero-order chi connectivity index (χ0) is 10.9. The zero-order valence-electron chi connectivity index (χ0n) is 8.68. The fourth-order valence-corrected chi connectivity index (χ4v) is 1.32. The van der Waals surface area contributed by atoms with Crippen molar-refractivity contribution in [2.75, 3.05) is 6.54 Å². The van der Waals surface area contributed by atoms with E-state index in [0.717, 1.165) is 6.42 Å². The second kappa shape index (κ2) is 6.68. The van der Waals surface area contributed by atoms with E-state index in [1.54, 1.807) is 0 Å². The number of rotatable bonds is 4. The van der Waals surface area contributed by atoms with Crippen LogP contribution in [-0.4, -0.2) is 12.6 Å². The molecule has 4 heteroatoms. The summed E-state index contributed by atoms with van der Waals surface area (Å²) in [6, 6.07) is 13.0. The summed E-state index contributed by atoms with van der Waals surface area (Å²) in [4.78, 5) is 12.7. The van der Waals surface area contributed by atoms with Crippen LogP contribution in [0.5, 0.6) is 0 Å². The highest BCUT2D eigenvalue weighted by Gasteiger charge is 2.02. The molecule has 1 aromatic rings. The Morgan fingerprint density at radius 1 is 1.47 bits per heavy atom. The van der Waals surface area contributed by atoms with E-state index >= 15 is 0 Å². The molecule has 0 saturated carbocycles. The Kier molecular flexibility index (Phi) is 5.06. The molecule has 0 saturated heterocycles. The van der Waals surface area contributed by atoms with E-state index in [-0.39, 0.29) is 0 Å². The van der Waals surface area contributed by atoms with Gasteiger partial charge in [0.2, 0.25) is 0 Å². The highest BCUT2D eigenvalue weighted by molar-refractivity contribution is 5.15. The summed E-state index contributed by atoms with van der Waals surface area (Å²) >= 11 is 0. The number of hydrogen-bond donors (Lipinski definition) is 1. The fourth-order valence-electron chi connectivity index (χ4n) is 1.32. The van der Waals surface area contributed by atoms with E-state index in [4.69, 9.17) is 0 Å². The second-order valence-corrected chi connectivity index (χ2v) is 3.31. The molecule has 4 nitrogen and oxygen atoms in total. The molecular weight excluding hydrogens is 190 g/mol. The van der Waals surface area contributed by atoms with Gasteiger partial charge in [0, 0.05) is 6.04 Å². The van der Waals surface area contributed by atoms with Crippen molar-refractivity contribution in [1.29, 1.82) is 0 Å². The average Bonchev–Trinajstić information content (AvgIpc) is 2.26. The average molecular weight is 204 g/mol. The molecule has 0 aliphatic rings. The predicted octanol–water partition coefficient (Wildman–Crippen LogP) is 2.22. The van der Waals surface area contributed by atoms with Gasteiger partial charge < -0.3 is 0 Å². The van der Waals surface area contributed by atoms with Gasteiger partial charge in [-0.1, -0.05) is 35.2 Å². The molecule has 0 bridgehead atoms. The van der Waals surface area contributed by atoms with Gasteiger partial charge in [0.25, 0.3) is 0 Å². The maximum absolute atomic E-state index is 9.63. The van der Waals surface area contributed by atoms with Gasteiger partial charge in [-0.05, 0) is 18.9 Å². The van der Waals surface area contributed by atoms with Crippen molar-refractivity contribution in [1.82, 2.24) is 5.32 Å². The lowest BCUT2D eigenvalue weighted by molar-refractivity contribution is 0.585. The van der Waals surface area contributed by atoms with Gasteiger partial charge in [0.05, 0.1) is 0 Å². The Hall–Kier alpha value is -1.73. The number of hydrogen-bond acceptors (Lipinski definition) is 3. The smallest absolute Gasteiger partial charge is 0.298 e. The normalized spacial score (nSPS) is 11.3. The number of nitroso groups, excluding NO2 is 1. The molecule has 78 valence electrons. The topological polar surface area (TPSA) is 45.8 Å². The van der Waals surface area contributed by atoms with Crippen molar-refractivity contribution >= 4 is 0 Å². The molecule has 0 spiro atoms. The molecular formula is C11H14N3O+. The van der Waals surface area contributed by atoms with Crippen LogP contribution in [0.3, 0.4) is 0 Å². The van der Waals surface area contributed by atoms with Gasteiger partial charge in [0.1, 0.15) is 6.54 Å². The summed E-state index contributed by atoms with van der Waals surface area (Å²) in [5, 5.41) is 5.50. The Morgan fingerprint density at radius 2 is 2.20 bits per heavy atom. The molecule has 0 aromatic heterocycles. The minimum absolute atomic E-state index is 0.321. The number of nitrogens with zero attached hydrogens (tertiary/aromatic N) is 2. The molecule has 15 heavy (non-hydrogen) atoms. The predicted molar refractivity (Wildman–Crippen MR) is 60.7 cm³/mol. The summed E-state index contributed by atoms with van der Waals surface area (Å²) in [6.45, 7) is 2.52. The van der Waals surface area contributed by atoms with Gasteiger partial charge in [-0.25, -0.2) is 0 Å². The van der Waals surface area contributed by atoms with Crippen molar-refractivity contribution in [3.8, 4) is 6.07 Å². The molecule has 1 aromatic carbocycles. The third-order valence-corrected chi connectivity index (χ3v) is 2.03. The first kappa shape index (κ1) is 11.3.